The van der Waals surface area contributed by atoms with E-state index < -0.39 is 0 Å². The molecule has 0 spiro atoms. The van der Waals surface area contributed by atoms with Crippen LogP contribution >= 0.6 is 0 Å². The molecule has 19 heavy (non-hydrogen) atoms. The second-order valence-corrected chi connectivity index (χ2v) is 4.38. The fourth-order valence-corrected chi connectivity index (χ4v) is 1.92. The number of pyridine rings is 1. The molecule has 0 aliphatic heterocycles. The topological polar surface area (TPSA) is 68.5 Å². The van der Waals surface area contributed by atoms with Crippen LogP contribution in [-0.2, 0) is 22.6 Å². The number of hydrogen-bond acceptors (Lipinski definition) is 5. The molecule has 0 atom stereocenters. The van der Waals surface area contributed by atoms with E-state index in [0.29, 0.717) is 26.2 Å². The second kappa shape index (κ2) is 8.61. The molecule has 0 aliphatic carbocycles. The molecule has 0 saturated heterocycles. The van der Waals surface area contributed by atoms with Crippen molar-refractivity contribution in [3.63, 3.8) is 0 Å². The lowest BCUT2D eigenvalue weighted by atomic mass is 10.2. The number of hydrogen-bond donors (Lipinski definition) is 1. The van der Waals surface area contributed by atoms with Gasteiger partial charge in [0.15, 0.2) is 0 Å². The summed E-state index contributed by atoms with van der Waals surface area (Å²) in [6.07, 6.45) is 2.75. The van der Waals surface area contributed by atoms with Crippen LogP contribution in [-0.4, -0.2) is 35.5 Å². The zero-order chi connectivity index (χ0) is 14.1. The summed E-state index contributed by atoms with van der Waals surface area (Å²) in [7, 11) is 0. The van der Waals surface area contributed by atoms with Crippen molar-refractivity contribution in [2.75, 3.05) is 19.7 Å². The van der Waals surface area contributed by atoms with Gasteiger partial charge in [-0.1, -0.05) is 6.92 Å². The number of nitrogens with two attached hydrogens (primary N) is 1. The Morgan fingerprint density at radius 1 is 1.47 bits per heavy atom. The van der Waals surface area contributed by atoms with Crippen molar-refractivity contribution < 1.29 is 9.53 Å². The lowest BCUT2D eigenvalue weighted by molar-refractivity contribution is -0.144. The number of carbonyl (C=O) groups is 1. The van der Waals surface area contributed by atoms with Gasteiger partial charge in [-0.2, -0.15) is 0 Å². The number of aromatic nitrogens is 1. The minimum Gasteiger partial charge on any atom is -0.465 e. The van der Waals surface area contributed by atoms with Crippen LogP contribution in [0.15, 0.2) is 18.3 Å². The molecule has 0 saturated carbocycles. The Kier molecular flexibility index (Phi) is 7.07. The van der Waals surface area contributed by atoms with Crippen LogP contribution in [0.5, 0.6) is 0 Å². The lowest BCUT2D eigenvalue weighted by Gasteiger charge is -2.20. The monoisotopic (exact) mass is 265 g/mol. The highest BCUT2D eigenvalue weighted by atomic mass is 16.5. The molecule has 0 amide bonds. The summed E-state index contributed by atoms with van der Waals surface area (Å²) in [5, 5.41) is 0. The summed E-state index contributed by atoms with van der Waals surface area (Å²) in [5.41, 5.74) is 7.56. The number of carbonyl (C=O) groups excluding carboxylic acids is 1. The van der Waals surface area contributed by atoms with Crippen molar-refractivity contribution in [3.8, 4) is 0 Å². The minimum absolute atomic E-state index is 0.177. The summed E-state index contributed by atoms with van der Waals surface area (Å²) in [6.45, 7) is 6.66. The molecule has 0 bridgehead atoms. The molecule has 0 radical (unpaired) electrons. The molecule has 1 aromatic heterocycles. The van der Waals surface area contributed by atoms with Crippen LogP contribution in [0.1, 0.15) is 31.5 Å². The third-order valence-corrected chi connectivity index (χ3v) is 2.69. The molecule has 5 nitrogen and oxygen atoms in total. The average Bonchev–Trinajstić information content (AvgIpc) is 2.39. The Morgan fingerprint density at radius 3 is 2.89 bits per heavy atom. The van der Waals surface area contributed by atoms with Gasteiger partial charge in [0, 0.05) is 19.3 Å². The van der Waals surface area contributed by atoms with Gasteiger partial charge in [0.1, 0.15) is 0 Å². The Hall–Kier alpha value is -1.46. The predicted octanol–water partition coefficient (Wildman–Crippen LogP) is 1.32. The summed E-state index contributed by atoms with van der Waals surface area (Å²) in [6, 6.07) is 3.93. The largest absolute Gasteiger partial charge is 0.465 e. The summed E-state index contributed by atoms with van der Waals surface area (Å²) in [5.74, 6) is -0.177. The molecule has 1 aromatic rings. The van der Waals surface area contributed by atoms with Gasteiger partial charge in [0.2, 0.25) is 0 Å². The fraction of sp³-hybridized carbons (Fsp3) is 0.571. The third kappa shape index (κ3) is 5.81. The van der Waals surface area contributed by atoms with E-state index in [-0.39, 0.29) is 5.97 Å². The van der Waals surface area contributed by atoms with Crippen LogP contribution in [0.2, 0.25) is 0 Å². The maximum Gasteiger partial charge on any atom is 0.320 e. The minimum atomic E-state index is -0.177. The van der Waals surface area contributed by atoms with Gasteiger partial charge in [0.05, 0.1) is 18.8 Å². The number of esters is 1. The second-order valence-electron chi connectivity index (χ2n) is 4.38. The predicted molar refractivity (Wildman–Crippen MR) is 74.3 cm³/mol. The first-order valence-corrected chi connectivity index (χ1v) is 6.71. The zero-order valence-electron chi connectivity index (χ0n) is 11.8. The van der Waals surface area contributed by atoms with Gasteiger partial charge in [-0.15, -0.1) is 0 Å². The van der Waals surface area contributed by atoms with Gasteiger partial charge >= 0.3 is 5.97 Å². The maximum absolute atomic E-state index is 11.5. The van der Waals surface area contributed by atoms with Gasteiger partial charge in [-0.3, -0.25) is 14.7 Å². The van der Waals surface area contributed by atoms with Crippen LogP contribution in [0.25, 0.3) is 0 Å². The molecule has 0 fully saturated rings. The Bertz CT molecular complexity index is 396. The van der Waals surface area contributed by atoms with Crippen molar-refractivity contribution in [1.82, 2.24) is 9.88 Å². The first-order valence-electron chi connectivity index (χ1n) is 6.71. The highest BCUT2D eigenvalue weighted by molar-refractivity contribution is 5.71. The van der Waals surface area contributed by atoms with Gasteiger partial charge in [-0.25, -0.2) is 0 Å². The van der Waals surface area contributed by atoms with Crippen LogP contribution in [0, 0.1) is 0 Å². The van der Waals surface area contributed by atoms with Crippen LogP contribution in [0.3, 0.4) is 0 Å². The van der Waals surface area contributed by atoms with E-state index in [9.17, 15) is 4.79 Å². The highest BCUT2D eigenvalue weighted by Gasteiger charge is 2.11. The molecule has 1 rings (SSSR count). The van der Waals surface area contributed by atoms with Gasteiger partial charge in [0.25, 0.3) is 0 Å². The lowest BCUT2D eigenvalue weighted by Crippen LogP contribution is -2.31. The Morgan fingerprint density at radius 2 is 2.26 bits per heavy atom. The maximum atomic E-state index is 11.5. The van der Waals surface area contributed by atoms with Crippen molar-refractivity contribution >= 4 is 5.97 Å². The number of ether oxygens (including phenoxy) is 1. The normalized spacial score (nSPS) is 10.7. The summed E-state index contributed by atoms with van der Waals surface area (Å²) >= 11 is 0. The van der Waals surface area contributed by atoms with Crippen molar-refractivity contribution in [2.24, 2.45) is 5.73 Å². The summed E-state index contributed by atoms with van der Waals surface area (Å²) in [4.78, 5) is 17.8. The molecule has 0 aromatic carbocycles. The third-order valence-electron chi connectivity index (χ3n) is 2.69. The van der Waals surface area contributed by atoms with Crippen LogP contribution in [0.4, 0.5) is 0 Å². The van der Waals surface area contributed by atoms with Crippen molar-refractivity contribution in [2.45, 2.75) is 33.4 Å². The molecule has 106 valence electrons. The first-order chi connectivity index (χ1) is 9.19. The SMILES string of the molecule is CCCN(CC(=O)OCC)Cc1ccnc(CN)c1. The fourth-order valence-electron chi connectivity index (χ4n) is 1.92. The zero-order valence-corrected chi connectivity index (χ0v) is 11.8. The molecule has 2 N–H and O–H groups in total. The molecular formula is C14H23N3O2. The van der Waals surface area contributed by atoms with Crippen molar-refractivity contribution in [1.29, 1.82) is 0 Å². The van der Waals surface area contributed by atoms with E-state index in [2.05, 4.69) is 16.8 Å². The molecule has 0 unspecified atom stereocenters. The standard InChI is InChI=1S/C14H23N3O2/c1-3-7-17(11-14(18)19-4-2)10-12-5-6-16-13(8-12)9-15/h5-6,8H,3-4,7,9-11,15H2,1-2H3. The van der Waals surface area contributed by atoms with E-state index in [1.807, 2.05) is 19.1 Å². The average molecular weight is 265 g/mol. The molecular weight excluding hydrogens is 242 g/mol. The van der Waals surface area contributed by atoms with E-state index in [1.165, 1.54) is 0 Å². The Balaban J connectivity index is 2.63. The molecule has 1 heterocycles. The number of rotatable bonds is 8. The number of nitrogens with zero attached hydrogens (tertiary/aromatic N) is 2. The van der Waals surface area contributed by atoms with E-state index in [0.717, 1.165) is 24.2 Å². The Labute approximate surface area is 114 Å². The summed E-state index contributed by atoms with van der Waals surface area (Å²) < 4.78 is 4.99. The molecule has 5 heteroatoms. The van der Waals surface area contributed by atoms with Gasteiger partial charge < -0.3 is 10.5 Å². The van der Waals surface area contributed by atoms with E-state index in [1.54, 1.807) is 6.20 Å². The van der Waals surface area contributed by atoms with Crippen molar-refractivity contribution in [3.05, 3.63) is 29.6 Å². The van der Waals surface area contributed by atoms with Crippen LogP contribution < -0.4 is 5.73 Å². The first kappa shape index (κ1) is 15.6. The smallest absolute Gasteiger partial charge is 0.320 e. The molecule has 0 aliphatic rings. The highest BCUT2D eigenvalue weighted by Crippen LogP contribution is 2.07. The van der Waals surface area contributed by atoms with E-state index in [4.69, 9.17) is 10.5 Å². The quantitative estimate of drug-likeness (QED) is 0.718. The van der Waals surface area contributed by atoms with Gasteiger partial charge in [-0.05, 0) is 37.6 Å². The van der Waals surface area contributed by atoms with E-state index >= 15 is 0 Å².